The number of rotatable bonds is 9. The van der Waals surface area contributed by atoms with E-state index in [0.29, 0.717) is 12.8 Å². The highest BCUT2D eigenvalue weighted by molar-refractivity contribution is 5.90. The molecule has 25 heavy (non-hydrogen) atoms. The van der Waals surface area contributed by atoms with Crippen molar-refractivity contribution in [1.29, 1.82) is 0 Å². The standard InChI is InChI=1S/C17H26N4O4/c1-11(2)7-13(9-15(22)21-25)16(23)20-14(17(24)18-3)8-12-5-4-6-19-10-12/h4-6,10-11,13-14,25H,7-9H2,1-3H3,(H,18,24)(H,20,23)(H,21,22)/t13-,14+/m1/s1. The molecule has 2 atom stereocenters. The third-order valence-electron chi connectivity index (χ3n) is 3.73. The van der Waals surface area contributed by atoms with Crippen LogP contribution in [0.3, 0.4) is 0 Å². The van der Waals surface area contributed by atoms with Crippen LogP contribution in [0.4, 0.5) is 0 Å². The lowest BCUT2D eigenvalue weighted by Crippen LogP contribution is -2.49. The van der Waals surface area contributed by atoms with Crippen LogP contribution in [0.15, 0.2) is 24.5 Å². The molecule has 0 fully saturated rings. The maximum atomic E-state index is 12.6. The number of aromatic nitrogens is 1. The highest BCUT2D eigenvalue weighted by Crippen LogP contribution is 2.16. The van der Waals surface area contributed by atoms with Gasteiger partial charge in [-0.15, -0.1) is 0 Å². The normalized spacial score (nSPS) is 13.0. The van der Waals surface area contributed by atoms with E-state index in [1.54, 1.807) is 23.9 Å². The van der Waals surface area contributed by atoms with Crippen LogP contribution in [0, 0.1) is 11.8 Å². The molecule has 0 unspecified atom stereocenters. The monoisotopic (exact) mass is 350 g/mol. The van der Waals surface area contributed by atoms with Crippen molar-refractivity contribution in [3.8, 4) is 0 Å². The molecular weight excluding hydrogens is 324 g/mol. The number of likely N-dealkylation sites (N-methyl/N-ethyl adjacent to an activating group) is 1. The van der Waals surface area contributed by atoms with Crippen LogP contribution < -0.4 is 16.1 Å². The number of nitrogens with one attached hydrogen (secondary N) is 3. The molecule has 1 heterocycles. The summed E-state index contributed by atoms with van der Waals surface area (Å²) in [6.45, 7) is 3.87. The minimum atomic E-state index is -0.770. The van der Waals surface area contributed by atoms with Crippen molar-refractivity contribution in [3.05, 3.63) is 30.1 Å². The summed E-state index contributed by atoms with van der Waals surface area (Å²) < 4.78 is 0. The molecule has 0 saturated heterocycles. The molecule has 1 rings (SSSR count). The van der Waals surface area contributed by atoms with Crippen molar-refractivity contribution in [2.45, 2.75) is 39.2 Å². The second-order valence-electron chi connectivity index (χ2n) is 6.31. The van der Waals surface area contributed by atoms with E-state index in [9.17, 15) is 14.4 Å². The highest BCUT2D eigenvalue weighted by Gasteiger charge is 2.27. The Bertz CT molecular complexity index is 577. The molecule has 8 heteroatoms. The Kier molecular flexibility index (Phi) is 8.55. The molecule has 0 radical (unpaired) electrons. The molecule has 0 aromatic carbocycles. The third kappa shape index (κ3) is 7.30. The number of carbonyl (C=O) groups is 3. The molecule has 0 aliphatic rings. The number of nitrogens with zero attached hydrogens (tertiary/aromatic N) is 1. The molecule has 0 aliphatic carbocycles. The van der Waals surface area contributed by atoms with E-state index < -0.39 is 23.8 Å². The Morgan fingerprint density at radius 1 is 1.24 bits per heavy atom. The van der Waals surface area contributed by atoms with Crippen LogP contribution in [0.25, 0.3) is 0 Å². The summed E-state index contributed by atoms with van der Waals surface area (Å²) in [6, 6.07) is 2.80. The molecule has 0 bridgehead atoms. The Morgan fingerprint density at radius 2 is 1.96 bits per heavy atom. The van der Waals surface area contributed by atoms with E-state index in [0.717, 1.165) is 5.56 Å². The van der Waals surface area contributed by atoms with Gasteiger partial charge in [-0.05, 0) is 24.0 Å². The first-order chi connectivity index (χ1) is 11.9. The Labute approximate surface area is 147 Å². The van der Waals surface area contributed by atoms with Crippen LogP contribution in [-0.4, -0.2) is 41.0 Å². The second kappa shape index (κ2) is 10.4. The van der Waals surface area contributed by atoms with Gasteiger partial charge in [0.2, 0.25) is 17.7 Å². The molecule has 138 valence electrons. The van der Waals surface area contributed by atoms with E-state index in [1.807, 2.05) is 19.9 Å². The van der Waals surface area contributed by atoms with E-state index >= 15 is 0 Å². The Balaban J connectivity index is 2.85. The first-order valence-corrected chi connectivity index (χ1v) is 8.21. The van der Waals surface area contributed by atoms with Crippen LogP contribution in [0.2, 0.25) is 0 Å². The van der Waals surface area contributed by atoms with Crippen molar-refractivity contribution < 1.29 is 19.6 Å². The summed E-state index contributed by atoms with van der Waals surface area (Å²) in [5, 5.41) is 13.9. The van der Waals surface area contributed by atoms with Crippen molar-refractivity contribution in [2.24, 2.45) is 11.8 Å². The van der Waals surface area contributed by atoms with Gasteiger partial charge in [0.25, 0.3) is 0 Å². The van der Waals surface area contributed by atoms with Gasteiger partial charge in [0, 0.05) is 38.2 Å². The lowest BCUT2D eigenvalue weighted by Gasteiger charge is -2.22. The average molecular weight is 350 g/mol. The number of amides is 3. The lowest BCUT2D eigenvalue weighted by molar-refractivity contribution is -0.136. The number of hydrogen-bond donors (Lipinski definition) is 4. The SMILES string of the molecule is CNC(=O)[C@H](Cc1cccnc1)NC(=O)[C@@H](CC(=O)NO)CC(C)C. The van der Waals surface area contributed by atoms with Crippen molar-refractivity contribution in [1.82, 2.24) is 21.1 Å². The fourth-order valence-electron chi connectivity index (χ4n) is 2.55. The molecule has 1 aromatic heterocycles. The fraction of sp³-hybridized carbons (Fsp3) is 0.529. The molecule has 3 amide bonds. The van der Waals surface area contributed by atoms with Crippen LogP contribution >= 0.6 is 0 Å². The number of hydrogen-bond acceptors (Lipinski definition) is 5. The third-order valence-corrected chi connectivity index (χ3v) is 3.73. The van der Waals surface area contributed by atoms with E-state index in [1.165, 1.54) is 7.05 Å². The summed E-state index contributed by atoms with van der Waals surface area (Å²) in [4.78, 5) is 40.1. The lowest BCUT2D eigenvalue weighted by atomic mass is 9.92. The number of pyridine rings is 1. The smallest absolute Gasteiger partial charge is 0.244 e. The van der Waals surface area contributed by atoms with Crippen LogP contribution in [0.1, 0.15) is 32.3 Å². The van der Waals surface area contributed by atoms with Crippen molar-refractivity contribution >= 4 is 17.7 Å². The van der Waals surface area contributed by atoms with Crippen LogP contribution in [0.5, 0.6) is 0 Å². The summed E-state index contributed by atoms with van der Waals surface area (Å²) in [5.74, 6) is -1.81. The molecule has 4 N–H and O–H groups in total. The minimum Gasteiger partial charge on any atom is -0.357 e. The van der Waals surface area contributed by atoms with Gasteiger partial charge in [0.15, 0.2) is 0 Å². The van der Waals surface area contributed by atoms with Crippen molar-refractivity contribution in [3.63, 3.8) is 0 Å². The first-order valence-electron chi connectivity index (χ1n) is 8.21. The zero-order valence-electron chi connectivity index (χ0n) is 14.8. The predicted molar refractivity (Wildman–Crippen MR) is 91.4 cm³/mol. The van der Waals surface area contributed by atoms with Gasteiger partial charge >= 0.3 is 0 Å². The van der Waals surface area contributed by atoms with E-state index in [2.05, 4.69) is 15.6 Å². The van der Waals surface area contributed by atoms with Gasteiger partial charge in [-0.25, -0.2) is 5.48 Å². The quantitative estimate of drug-likeness (QED) is 0.380. The minimum absolute atomic E-state index is 0.145. The van der Waals surface area contributed by atoms with Gasteiger partial charge in [0.1, 0.15) is 6.04 Å². The van der Waals surface area contributed by atoms with Gasteiger partial charge in [-0.1, -0.05) is 19.9 Å². The number of hydroxylamine groups is 1. The first kappa shape index (κ1) is 20.6. The van der Waals surface area contributed by atoms with Gasteiger partial charge in [-0.3, -0.25) is 24.6 Å². The molecule has 1 aromatic rings. The highest BCUT2D eigenvalue weighted by atomic mass is 16.5. The summed E-state index contributed by atoms with van der Waals surface area (Å²) in [5.41, 5.74) is 2.35. The Hall–Kier alpha value is -2.48. The molecule has 8 nitrogen and oxygen atoms in total. The summed E-state index contributed by atoms with van der Waals surface area (Å²) >= 11 is 0. The van der Waals surface area contributed by atoms with E-state index in [4.69, 9.17) is 5.21 Å². The zero-order chi connectivity index (χ0) is 18.8. The summed E-state index contributed by atoms with van der Waals surface area (Å²) in [6.07, 6.45) is 3.87. The topological polar surface area (TPSA) is 120 Å². The zero-order valence-corrected chi connectivity index (χ0v) is 14.8. The molecule has 0 aliphatic heterocycles. The van der Waals surface area contributed by atoms with Crippen LogP contribution in [-0.2, 0) is 20.8 Å². The van der Waals surface area contributed by atoms with Gasteiger partial charge in [-0.2, -0.15) is 0 Å². The van der Waals surface area contributed by atoms with Gasteiger partial charge < -0.3 is 10.6 Å². The summed E-state index contributed by atoms with van der Waals surface area (Å²) in [7, 11) is 1.50. The fourth-order valence-corrected chi connectivity index (χ4v) is 2.55. The van der Waals surface area contributed by atoms with Crippen molar-refractivity contribution in [2.75, 3.05) is 7.05 Å². The maximum absolute atomic E-state index is 12.6. The molecular formula is C17H26N4O4. The average Bonchev–Trinajstić information content (AvgIpc) is 2.60. The van der Waals surface area contributed by atoms with Gasteiger partial charge in [0.05, 0.1) is 0 Å². The second-order valence-corrected chi connectivity index (χ2v) is 6.31. The predicted octanol–water partition coefficient (Wildman–Crippen LogP) is 0.413. The Morgan fingerprint density at radius 3 is 2.48 bits per heavy atom. The number of carbonyl (C=O) groups excluding carboxylic acids is 3. The maximum Gasteiger partial charge on any atom is 0.244 e. The largest absolute Gasteiger partial charge is 0.357 e. The van der Waals surface area contributed by atoms with E-state index in [-0.39, 0.29) is 18.2 Å². The molecule has 0 spiro atoms. The molecule has 0 saturated carbocycles.